The number of benzene rings is 1. The Morgan fingerprint density at radius 2 is 1.85 bits per heavy atom. The van der Waals surface area contributed by atoms with Gasteiger partial charge in [0.2, 0.25) is 0 Å². The molecule has 5 heteroatoms. The van der Waals surface area contributed by atoms with E-state index in [1.807, 2.05) is 0 Å². The predicted molar refractivity (Wildman–Crippen MR) is 73.6 cm³/mol. The molecule has 0 unspecified atom stereocenters. The summed E-state index contributed by atoms with van der Waals surface area (Å²) in [5.74, 6) is -2.12. The largest absolute Gasteiger partial charge is 0.337 e. The van der Waals surface area contributed by atoms with Crippen molar-refractivity contribution in [1.29, 1.82) is 0 Å². The zero-order valence-electron chi connectivity index (χ0n) is 11.7. The van der Waals surface area contributed by atoms with Gasteiger partial charge in [0.1, 0.15) is 17.2 Å². The molecule has 1 heterocycles. The standard InChI is InChI=1S/C15H20F2N2O/c1-2-7-18-8-4-9-19(11-10-18)15(20)14-12(16)5-3-6-13(14)17/h3,5-6H,2,4,7-11H2,1H3. The van der Waals surface area contributed by atoms with E-state index < -0.39 is 23.1 Å². The maximum Gasteiger partial charge on any atom is 0.259 e. The van der Waals surface area contributed by atoms with Crippen molar-refractivity contribution in [1.82, 2.24) is 9.80 Å². The van der Waals surface area contributed by atoms with Gasteiger partial charge in [0.05, 0.1) is 0 Å². The van der Waals surface area contributed by atoms with Crippen LogP contribution >= 0.6 is 0 Å². The molecule has 1 amide bonds. The average Bonchev–Trinajstić information content (AvgIpc) is 2.64. The molecule has 3 nitrogen and oxygen atoms in total. The summed E-state index contributed by atoms with van der Waals surface area (Å²) >= 11 is 0. The third-order valence-corrected chi connectivity index (χ3v) is 3.59. The first-order valence-corrected chi connectivity index (χ1v) is 7.09. The number of amides is 1. The van der Waals surface area contributed by atoms with Crippen LogP contribution < -0.4 is 0 Å². The van der Waals surface area contributed by atoms with E-state index >= 15 is 0 Å². The highest BCUT2D eigenvalue weighted by atomic mass is 19.1. The molecule has 0 atom stereocenters. The number of hydrogen-bond acceptors (Lipinski definition) is 2. The molecule has 0 spiro atoms. The summed E-state index contributed by atoms with van der Waals surface area (Å²) in [7, 11) is 0. The fourth-order valence-corrected chi connectivity index (χ4v) is 2.57. The lowest BCUT2D eigenvalue weighted by atomic mass is 10.1. The van der Waals surface area contributed by atoms with Crippen molar-refractivity contribution >= 4 is 5.91 Å². The van der Waals surface area contributed by atoms with Crippen molar-refractivity contribution in [2.24, 2.45) is 0 Å². The first-order chi connectivity index (χ1) is 9.63. The molecule has 1 aromatic carbocycles. The zero-order chi connectivity index (χ0) is 14.5. The molecule has 1 aliphatic heterocycles. The number of carbonyl (C=O) groups excluding carboxylic acids is 1. The highest BCUT2D eigenvalue weighted by Gasteiger charge is 2.24. The third kappa shape index (κ3) is 3.33. The van der Waals surface area contributed by atoms with E-state index in [9.17, 15) is 13.6 Å². The monoisotopic (exact) mass is 282 g/mol. The first-order valence-electron chi connectivity index (χ1n) is 7.09. The molecule has 2 rings (SSSR count). The predicted octanol–water partition coefficient (Wildman–Crippen LogP) is 2.52. The molecule has 0 aliphatic carbocycles. The van der Waals surface area contributed by atoms with E-state index in [2.05, 4.69) is 11.8 Å². The second-order valence-electron chi connectivity index (χ2n) is 5.08. The Morgan fingerprint density at radius 3 is 2.50 bits per heavy atom. The Hall–Kier alpha value is -1.49. The second-order valence-corrected chi connectivity index (χ2v) is 5.08. The minimum Gasteiger partial charge on any atom is -0.337 e. The van der Waals surface area contributed by atoms with Gasteiger partial charge in [-0.25, -0.2) is 8.78 Å². The number of hydrogen-bond donors (Lipinski definition) is 0. The molecule has 1 fully saturated rings. The highest BCUT2D eigenvalue weighted by molar-refractivity contribution is 5.94. The number of nitrogens with zero attached hydrogens (tertiary/aromatic N) is 2. The van der Waals surface area contributed by atoms with Crippen LogP contribution in [0.4, 0.5) is 8.78 Å². The molecule has 1 aromatic rings. The molecule has 0 radical (unpaired) electrons. The van der Waals surface area contributed by atoms with Crippen LogP contribution in [0.15, 0.2) is 18.2 Å². The van der Waals surface area contributed by atoms with Crippen molar-refractivity contribution in [3.05, 3.63) is 35.4 Å². The molecular formula is C15H20F2N2O. The normalized spacial score (nSPS) is 17.1. The van der Waals surface area contributed by atoms with E-state index in [-0.39, 0.29) is 0 Å². The Balaban J connectivity index is 2.10. The van der Waals surface area contributed by atoms with Gasteiger partial charge in [-0.05, 0) is 38.1 Å². The molecule has 110 valence electrons. The topological polar surface area (TPSA) is 23.6 Å². The first kappa shape index (κ1) is 14.9. The lowest BCUT2D eigenvalue weighted by Gasteiger charge is -2.22. The van der Waals surface area contributed by atoms with E-state index in [1.54, 1.807) is 4.90 Å². The van der Waals surface area contributed by atoms with Crippen LogP contribution in [0.2, 0.25) is 0 Å². The number of carbonyl (C=O) groups is 1. The lowest BCUT2D eigenvalue weighted by Crippen LogP contribution is -2.36. The van der Waals surface area contributed by atoms with Gasteiger partial charge in [0, 0.05) is 19.6 Å². The van der Waals surface area contributed by atoms with Crippen LogP contribution in [0.3, 0.4) is 0 Å². The van der Waals surface area contributed by atoms with Crippen LogP contribution in [-0.2, 0) is 0 Å². The molecule has 0 saturated carbocycles. The second kappa shape index (κ2) is 6.79. The SMILES string of the molecule is CCCN1CCCN(C(=O)c2c(F)cccc2F)CC1. The molecule has 0 bridgehead atoms. The molecule has 1 aliphatic rings. The van der Waals surface area contributed by atoms with Gasteiger partial charge >= 0.3 is 0 Å². The van der Waals surface area contributed by atoms with Gasteiger partial charge in [0.25, 0.3) is 5.91 Å². The Bertz CT molecular complexity index is 459. The summed E-state index contributed by atoms with van der Waals surface area (Å²) in [6.07, 6.45) is 1.90. The van der Waals surface area contributed by atoms with Crippen LogP contribution in [0, 0.1) is 11.6 Å². The summed E-state index contributed by atoms with van der Waals surface area (Å²) < 4.78 is 27.3. The number of halogens is 2. The third-order valence-electron chi connectivity index (χ3n) is 3.59. The minimum absolute atomic E-state index is 0.434. The van der Waals surface area contributed by atoms with E-state index in [0.29, 0.717) is 13.1 Å². The summed E-state index contributed by atoms with van der Waals surface area (Å²) in [6.45, 7) is 5.87. The van der Waals surface area contributed by atoms with Crippen molar-refractivity contribution in [2.45, 2.75) is 19.8 Å². The summed E-state index contributed by atoms with van der Waals surface area (Å²) in [6, 6.07) is 3.52. The highest BCUT2D eigenvalue weighted by Crippen LogP contribution is 2.16. The van der Waals surface area contributed by atoms with Gasteiger partial charge in [-0.1, -0.05) is 13.0 Å². The van der Waals surface area contributed by atoms with Crippen molar-refractivity contribution < 1.29 is 13.6 Å². The Morgan fingerprint density at radius 1 is 1.15 bits per heavy atom. The summed E-state index contributed by atoms with van der Waals surface area (Å²) in [4.78, 5) is 16.1. The van der Waals surface area contributed by atoms with Crippen LogP contribution in [0.1, 0.15) is 30.1 Å². The van der Waals surface area contributed by atoms with Crippen LogP contribution in [-0.4, -0.2) is 48.4 Å². The maximum absolute atomic E-state index is 13.7. The average molecular weight is 282 g/mol. The minimum atomic E-state index is -0.787. The molecule has 1 saturated heterocycles. The summed E-state index contributed by atoms with van der Waals surface area (Å²) in [5.41, 5.74) is -0.434. The van der Waals surface area contributed by atoms with E-state index in [4.69, 9.17) is 0 Å². The molecular weight excluding hydrogens is 262 g/mol. The smallest absolute Gasteiger partial charge is 0.259 e. The Kier molecular flexibility index (Phi) is 5.06. The van der Waals surface area contributed by atoms with Crippen LogP contribution in [0.5, 0.6) is 0 Å². The van der Waals surface area contributed by atoms with Gasteiger partial charge in [-0.2, -0.15) is 0 Å². The summed E-state index contributed by atoms with van der Waals surface area (Å²) in [5, 5.41) is 0. The van der Waals surface area contributed by atoms with Gasteiger partial charge in [-0.15, -0.1) is 0 Å². The Labute approximate surface area is 118 Å². The molecule has 20 heavy (non-hydrogen) atoms. The molecule has 0 N–H and O–H groups in total. The fraction of sp³-hybridized carbons (Fsp3) is 0.533. The fourth-order valence-electron chi connectivity index (χ4n) is 2.57. The zero-order valence-corrected chi connectivity index (χ0v) is 11.7. The van der Waals surface area contributed by atoms with Crippen LogP contribution in [0.25, 0.3) is 0 Å². The van der Waals surface area contributed by atoms with E-state index in [1.165, 1.54) is 6.07 Å². The van der Waals surface area contributed by atoms with E-state index in [0.717, 1.165) is 44.6 Å². The quantitative estimate of drug-likeness (QED) is 0.850. The number of rotatable bonds is 3. The van der Waals surface area contributed by atoms with Crippen molar-refractivity contribution in [2.75, 3.05) is 32.7 Å². The van der Waals surface area contributed by atoms with Gasteiger partial charge in [-0.3, -0.25) is 4.79 Å². The molecule has 0 aromatic heterocycles. The lowest BCUT2D eigenvalue weighted by molar-refractivity contribution is 0.0751. The van der Waals surface area contributed by atoms with Crippen molar-refractivity contribution in [3.8, 4) is 0 Å². The van der Waals surface area contributed by atoms with Gasteiger partial charge < -0.3 is 9.80 Å². The van der Waals surface area contributed by atoms with Gasteiger partial charge in [0.15, 0.2) is 0 Å². The van der Waals surface area contributed by atoms with Crippen molar-refractivity contribution in [3.63, 3.8) is 0 Å². The maximum atomic E-state index is 13.7.